The molecule has 0 heterocycles. The van der Waals surface area contributed by atoms with Crippen LogP contribution in [0, 0.1) is 0 Å². The third kappa shape index (κ3) is 3.79. The van der Waals surface area contributed by atoms with E-state index in [1.54, 1.807) is 6.07 Å². The van der Waals surface area contributed by atoms with Crippen LogP contribution in [-0.2, 0) is 21.0 Å². The van der Waals surface area contributed by atoms with E-state index in [1.807, 2.05) is 37.3 Å². The second kappa shape index (κ2) is 6.96. The molecule has 0 spiro atoms. The van der Waals surface area contributed by atoms with Crippen molar-refractivity contribution < 1.29 is 17.9 Å². The smallest absolute Gasteiger partial charge is 0.338 e. The number of hydrogen-bond acceptors (Lipinski definition) is 4. The summed E-state index contributed by atoms with van der Waals surface area (Å²) in [5, 5.41) is 0. The fourth-order valence-corrected chi connectivity index (χ4v) is 3.46. The van der Waals surface area contributed by atoms with Crippen LogP contribution in [0.4, 0.5) is 0 Å². The molecule has 2 aromatic carbocycles. The summed E-state index contributed by atoms with van der Waals surface area (Å²) in [6.07, 6.45) is 2.67. The molecule has 4 nitrogen and oxygen atoms in total. The van der Waals surface area contributed by atoms with E-state index < -0.39 is 15.8 Å². The van der Waals surface area contributed by atoms with E-state index in [0.717, 1.165) is 23.8 Å². The van der Waals surface area contributed by atoms with Crippen molar-refractivity contribution in [2.24, 2.45) is 0 Å². The van der Waals surface area contributed by atoms with E-state index in [2.05, 4.69) is 0 Å². The number of benzene rings is 2. The van der Waals surface area contributed by atoms with Crippen LogP contribution < -0.4 is 0 Å². The third-order valence-electron chi connectivity index (χ3n) is 3.61. The van der Waals surface area contributed by atoms with Gasteiger partial charge < -0.3 is 4.74 Å². The zero-order valence-electron chi connectivity index (χ0n) is 13.5. The van der Waals surface area contributed by atoms with Crippen LogP contribution in [0.3, 0.4) is 0 Å². The lowest BCUT2D eigenvalue weighted by Gasteiger charge is -2.14. The minimum Gasteiger partial charge on any atom is -0.465 e. The Labute approximate surface area is 137 Å². The van der Waals surface area contributed by atoms with Gasteiger partial charge in [0.05, 0.1) is 17.6 Å². The normalized spacial score (nSPS) is 11.3. The summed E-state index contributed by atoms with van der Waals surface area (Å²) in [6, 6.07) is 12.5. The minimum absolute atomic E-state index is 0.143. The third-order valence-corrected chi connectivity index (χ3v) is 4.75. The van der Waals surface area contributed by atoms with Gasteiger partial charge in [0.2, 0.25) is 0 Å². The van der Waals surface area contributed by atoms with Crippen LogP contribution in [0.15, 0.2) is 47.4 Å². The molecule has 5 heteroatoms. The fourth-order valence-electron chi connectivity index (χ4n) is 2.55. The highest BCUT2D eigenvalue weighted by Gasteiger charge is 2.21. The van der Waals surface area contributed by atoms with Gasteiger partial charge in [-0.25, -0.2) is 13.2 Å². The zero-order chi connectivity index (χ0) is 17.0. The molecule has 122 valence electrons. The molecule has 23 heavy (non-hydrogen) atoms. The molecule has 0 saturated heterocycles. The first-order chi connectivity index (χ1) is 10.9. The topological polar surface area (TPSA) is 60.4 Å². The minimum atomic E-state index is -3.49. The van der Waals surface area contributed by atoms with E-state index in [9.17, 15) is 13.2 Å². The average Bonchev–Trinajstić information content (AvgIpc) is 2.54. The first kappa shape index (κ1) is 17.2. The summed E-state index contributed by atoms with van der Waals surface area (Å²) in [6.45, 7) is 2.01. The zero-order valence-corrected chi connectivity index (χ0v) is 14.3. The number of hydrogen-bond donors (Lipinski definition) is 0. The number of rotatable bonds is 5. The second-order valence-electron chi connectivity index (χ2n) is 5.39. The molecule has 0 N–H and O–H groups in total. The summed E-state index contributed by atoms with van der Waals surface area (Å²) >= 11 is 0. The van der Waals surface area contributed by atoms with E-state index in [-0.39, 0.29) is 4.90 Å². The summed E-state index contributed by atoms with van der Waals surface area (Å²) < 4.78 is 29.2. The summed E-state index contributed by atoms with van der Waals surface area (Å²) in [7, 11) is -2.19. The SMILES string of the molecule is CCCc1cc(-c2ccccc2)c(S(C)(=O)=O)cc1C(=O)OC. The largest absolute Gasteiger partial charge is 0.465 e. The average molecular weight is 332 g/mol. The molecule has 0 aliphatic rings. The van der Waals surface area contributed by atoms with Crippen LogP contribution in [-0.4, -0.2) is 27.8 Å². The van der Waals surface area contributed by atoms with Crippen LogP contribution in [0.2, 0.25) is 0 Å². The van der Waals surface area contributed by atoms with Crippen molar-refractivity contribution in [2.45, 2.75) is 24.7 Å². The van der Waals surface area contributed by atoms with Gasteiger partial charge in [0.25, 0.3) is 0 Å². The highest BCUT2D eigenvalue weighted by molar-refractivity contribution is 7.90. The van der Waals surface area contributed by atoms with Gasteiger partial charge in [-0.05, 0) is 29.7 Å². The fraction of sp³-hybridized carbons (Fsp3) is 0.278. The van der Waals surface area contributed by atoms with Crippen molar-refractivity contribution in [2.75, 3.05) is 13.4 Å². The maximum atomic E-state index is 12.2. The Morgan fingerprint density at radius 2 is 1.78 bits per heavy atom. The predicted octanol–water partition coefficient (Wildman–Crippen LogP) is 3.50. The van der Waals surface area contributed by atoms with Crippen LogP contribution in [0.25, 0.3) is 11.1 Å². The summed E-state index contributed by atoms with van der Waals surface area (Å²) in [5.41, 5.74) is 2.53. The Morgan fingerprint density at radius 1 is 1.13 bits per heavy atom. The van der Waals surface area contributed by atoms with Gasteiger partial charge in [-0.15, -0.1) is 0 Å². The molecule has 0 aliphatic carbocycles. The lowest BCUT2D eigenvalue weighted by atomic mass is 9.96. The van der Waals surface area contributed by atoms with Gasteiger partial charge in [0.1, 0.15) is 0 Å². The second-order valence-corrected chi connectivity index (χ2v) is 7.37. The highest BCUT2D eigenvalue weighted by atomic mass is 32.2. The molecule has 2 rings (SSSR count). The van der Waals surface area contributed by atoms with Gasteiger partial charge in [-0.1, -0.05) is 43.7 Å². The van der Waals surface area contributed by atoms with Crippen molar-refractivity contribution in [3.63, 3.8) is 0 Å². The lowest BCUT2D eigenvalue weighted by Crippen LogP contribution is -2.10. The molecular formula is C18H20O4S. The number of esters is 1. The van der Waals surface area contributed by atoms with Crippen LogP contribution >= 0.6 is 0 Å². The van der Waals surface area contributed by atoms with Gasteiger partial charge in [0, 0.05) is 11.8 Å². The van der Waals surface area contributed by atoms with Crippen molar-refractivity contribution in [3.05, 3.63) is 53.6 Å². The lowest BCUT2D eigenvalue weighted by molar-refractivity contribution is 0.0599. The molecule has 0 aromatic heterocycles. The van der Waals surface area contributed by atoms with E-state index in [0.29, 0.717) is 17.5 Å². The Bertz CT molecular complexity index is 808. The van der Waals surface area contributed by atoms with Crippen molar-refractivity contribution in [1.29, 1.82) is 0 Å². The highest BCUT2D eigenvalue weighted by Crippen LogP contribution is 2.31. The quantitative estimate of drug-likeness (QED) is 0.786. The number of carbonyl (C=O) groups is 1. The van der Waals surface area contributed by atoms with Crippen molar-refractivity contribution in [3.8, 4) is 11.1 Å². The Hall–Kier alpha value is -2.14. The van der Waals surface area contributed by atoms with Gasteiger partial charge in [-0.3, -0.25) is 0 Å². The van der Waals surface area contributed by atoms with E-state index >= 15 is 0 Å². The van der Waals surface area contributed by atoms with E-state index in [1.165, 1.54) is 13.2 Å². The summed E-state index contributed by atoms with van der Waals surface area (Å²) in [5.74, 6) is -0.516. The number of methoxy groups -OCH3 is 1. The van der Waals surface area contributed by atoms with Gasteiger partial charge in [0.15, 0.2) is 9.84 Å². The standard InChI is InChI=1S/C18H20O4S/c1-4-8-14-11-15(13-9-6-5-7-10-13)17(23(3,20)21)12-16(14)18(19)22-2/h5-7,9-12H,4,8H2,1-3H3. The van der Waals surface area contributed by atoms with Crippen molar-refractivity contribution >= 4 is 15.8 Å². The van der Waals surface area contributed by atoms with Crippen LogP contribution in [0.5, 0.6) is 0 Å². The maximum absolute atomic E-state index is 12.2. The number of carbonyl (C=O) groups excluding carboxylic acids is 1. The van der Waals surface area contributed by atoms with Crippen molar-refractivity contribution in [1.82, 2.24) is 0 Å². The molecule has 0 fully saturated rings. The number of aryl methyl sites for hydroxylation is 1. The molecule has 0 aliphatic heterocycles. The first-order valence-corrected chi connectivity index (χ1v) is 9.28. The monoisotopic (exact) mass is 332 g/mol. The maximum Gasteiger partial charge on any atom is 0.338 e. The molecule has 0 saturated carbocycles. The molecule has 0 bridgehead atoms. The number of sulfone groups is 1. The molecule has 0 unspecified atom stereocenters. The Morgan fingerprint density at radius 3 is 2.30 bits per heavy atom. The Balaban J connectivity index is 2.79. The number of ether oxygens (including phenoxy) is 1. The predicted molar refractivity (Wildman–Crippen MR) is 90.3 cm³/mol. The van der Waals surface area contributed by atoms with Crippen LogP contribution in [0.1, 0.15) is 29.3 Å². The molecule has 0 atom stereocenters. The molecule has 0 radical (unpaired) electrons. The first-order valence-electron chi connectivity index (χ1n) is 7.39. The van der Waals surface area contributed by atoms with Gasteiger partial charge >= 0.3 is 5.97 Å². The molecular weight excluding hydrogens is 312 g/mol. The molecule has 0 amide bonds. The Kier molecular flexibility index (Phi) is 5.21. The van der Waals surface area contributed by atoms with E-state index in [4.69, 9.17) is 4.74 Å². The van der Waals surface area contributed by atoms with Gasteiger partial charge in [-0.2, -0.15) is 0 Å². The molecule has 2 aromatic rings. The summed E-state index contributed by atoms with van der Waals surface area (Å²) in [4.78, 5) is 12.2.